The molecule has 2 aromatic rings. The van der Waals surface area contributed by atoms with Gasteiger partial charge in [0.25, 0.3) is 5.91 Å². The van der Waals surface area contributed by atoms with Crippen LogP contribution in [0.25, 0.3) is 0 Å². The molecule has 132 valence electrons. The van der Waals surface area contributed by atoms with Gasteiger partial charge in [-0.3, -0.25) is 9.59 Å². The number of carbonyl (C=O) groups is 2. The number of rotatable bonds is 6. The first-order valence-corrected chi connectivity index (χ1v) is 8.10. The number of anilines is 1. The molecule has 8 heteroatoms. The molecule has 0 saturated carbocycles. The van der Waals surface area contributed by atoms with Gasteiger partial charge in [0.1, 0.15) is 11.6 Å². The molecule has 25 heavy (non-hydrogen) atoms. The number of hydrogen-bond donors (Lipinski definition) is 2. The number of amides is 2. The van der Waals surface area contributed by atoms with E-state index in [-0.39, 0.29) is 24.4 Å². The zero-order valence-electron chi connectivity index (χ0n) is 12.9. The SMILES string of the molecule is O=C(CCCNC(=O)c1ccc(F)cc1F)Nc1ccc(Cl)c(Cl)c1. The van der Waals surface area contributed by atoms with Gasteiger partial charge in [-0.05, 0) is 36.8 Å². The van der Waals surface area contributed by atoms with Crippen molar-refractivity contribution in [2.45, 2.75) is 12.8 Å². The molecule has 0 aliphatic carbocycles. The summed E-state index contributed by atoms with van der Waals surface area (Å²) in [5.74, 6) is -2.62. The minimum Gasteiger partial charge on any atom is -0.352 e. The van der Waals surface area contributed by atoms with Crippen molar-refractivity contribution in [2.24, 2.45) is 0 Å². The molecular weight excluding hydrogens is 373 g/mol. The molecule has 2 N–H and O–H groups in total. The summed E-state index contributed by atoms with van der Waals surface area (Å²) >= 11 is 11.6. The van der Waals surface area contributed by atoms with E-state index in [1.807, 2.05) is 0 Å². The number of carbonyl (C=O) groups excluding carboxylic acids is 2. The van der Waals surface area contributed by atoms with E-state index in [0.717, 1.165) is 12.1 Å². The van der Waals surface area contributed by atoms with Crippen molar-refractivity contribution < 1.29 is 18.4 Å². The van der Waals surface area contributed by atoms with Gasteiger partial charge in [-0.25, -0.2) is 8.78 Å². The molecule has 0 unspecified atom stereocenters. The van der Waals surface area contributed by atoms with Gasteiger partial charge in [0.05, 0.1) is 15.6 Å². The first-order valence-electron chi connectivity index (χ1n) is 7.35. The molecule has 0 spiro atoms. The van der Waals surface area contributed by atoms with Gasteiger partial charge in [0.2, 0.25) is 5.91 Å². The van der Waals surface area contributed by atoms with E-state index in [4.69, 9.17) is 23.2 Å². The summed E-state index contributed by atoms with van der Waals surface area (Å²) in [6, 6.07) is 7.42. The van der Waals surface area contributed by atoms with Crippen molar-refractivity contribution in [1.82, 2.24) is 5.32 Å². The Morgan fingerprint density at radius 2 is 1.76 bits per heavy atom. The van der Waals surface area contributed by atoms with Crippen LogP contribution in [0.3, 0.4) is 0 Å². The second-order valence-electron chi connectivity index (χ2n) is 5.16. The van der Waals surface area contributed by atoms with Crippen LogP contribution in [-0.4, -0.2) is 18.4 Å². The van der Waals surface area contributed by atoms with E-state index in [2.05, 4.69) is 10.6 Å². The maximum Gasteiger partial charge on any atom is 0.254 e. The molecule has 0 radical (unpaired) electrons. The van der Waals surface area contributed by atoms with Crippen LogP contribution in [-0.2, 0) is 4.79 Å². The monoisotopic (exact) mass is 386 g/mol. The zero-order valence-corrected chi connectivity index (χ0v) is 14.4. The van der Waals surface area contributed by atoms with E-state index >= 15 is 0 Å². The van der Waals surface area contributed by atoms with Crippen LogP contribution in [0.2, 0.25) is 10.0 Å². The van der Waals surface area contributed by atoms with Crippen LogP contribution in [0.15, 0.2) is 36.4 Å². The molecule has 4 nitrogen and oxygen atoms in total. The number of benzene rings is 2. The number of hydrogen-bond acceptors (Lipinski definition) is 2. The highest BCUT2D eigenvalue weighted by Gasteiger charge is 2.12. The fourth-order valence-electron chi connectivity index (χ4n) is 2.02. The van der Waals surface area contributed by atoms with Crippen molar-refractivity contribution in [3.05, 3.63) is 63.6 Å². The molecule has 0 aliphatic heterocycles. The Morgan fingerprint density at radius 1 is 1.00 bits per heavy atom. The van der Waals surface area contributed by atoms with E-state index < -0.39 is 17.5 Å². The Balaban J connectivity index is 1.75. The maximum absolute atomic E-state index is 13.5. The molecule has 0 heterocycles. The Kier molecular flexibility index (Phi) is 6.73. The van der Waals surface area contributed by atoms with E-state index in [1.165, 1.54) is 6.07 Å². The van der Waals surface area contributed by atoms with Crippen LogP contribution in [0.5, 0.6) is 0 Å². The fourth-order valence-corrected chi connectivity index (χ4v) is 2.32. The van der Waals surface area contributed by atoms with Gasteiger partial charge in [-0.2, -0.15) is 0 Å². The van der Waals surface area contributed by atoms with Gasteiger partial charge in [0, 0.05) is 24.7 Å². The van der Waals surface area contributed by atoms with E-state index in [9.17, 15) is 18.4 Å². The Labute approximate surface area is 153 Å². The average Bonchev–Trinajstić information content (AvgIpc) is 2.55. The largest absolute Gasteiger partial charge is 0.352 e. The Morgan fingerprint density at radius 3 is 2.44 bits per heavy atom. The van der Waals surface area contributed by atoms with Gasteiger partial charge in [0.15, 0.2) is 0 Å². The van der Waals surface area contributed by atoms with Crippen molar-refractivity contribution in [2.75, 3.05) is 11.9 Å². The number of halogens is 4. The van der Waals surface area contributed by atoms with Gasteiger partial charge in [-0.1, -0.05) is 23.2 Å². The molecule has 0 aliphatic rings. The minimum absolute atomic E-state index is 0.145. The van der Waals surface area contributed by atoms with Crippen LogP contribution in [0.4, 0.5) is 14.5 Å². The van der Waals surface area contributed by atoms with Gasteiger partial charge in [-0.15, -0.1) is 0 Å². The Bertz CT molecular complexity index is 800. The molecule has 0 atom stereocenters. The number of nitrogens with one attached hydrogen (secondary N) is 2. The Hall–Kier alpha value is -2.18. The fraction of sp³-hybridized carbons (Fsp3) is 0.176. The third-order valence-electron chi connectivity index (χ3n) is 3.25. The summed E-state index contributed by atoms with van der Waals surface area (Å²) in [6.45, 7) is 0.171. The molecule has 0 saturated heterocycles. The first kappa shape index (κ1) is 19.1. The summed E-state index contributed by atoms with van der Waals surface area (Å²) in [4.78, 5) is 23.6. The van der Waals surface area contributed by atoms with Crippen molar-refractivity contribution in [1.29, 1.82) is 0 Å². The third kappa shape index (κ3) is 5.69. The highest BCUT2D eigenvalue weighted by atomic mass is 35.5. The quantitative estimate of drug-likeness (QED) is 0.721. The molecule has 2 amide bonds. The molecule has 0 bridgehead atoms. The van der Waals surface area contributed by atoms with Crippen LogP contribution in [0, 0.1) is 11.6 Å². The van der Waals surface area contributed by atoms with Crippen LogP contribution < -0.4 is 10.6 Å². The van der Waals surface area contributed by atoms with E-state index in [1.54, 1.807) is 12.1 Å². The minimum atomic E-state index is -0.935. The zero-order chi connectivity index (χ0) is 18.4. The highest BCUT2D eigenvalue weighted by molar-refractivity contribution is 6.42. The molecule has 2 aromatic carbocycles. The first-order chi connectivity index (χ1) is 11.9. The molecule has 0 fully saturated rings. The molecular formula is C17H14Cl2F2N2O2. The van der Waals surface area contributed by atoms with Crippen LogP contribution >= 0.6 is 23.2 Å². The lowest BCUT2D eigenvalue weighted by Crippen LogP contribution is -2.26. The van der Waals surface area contributed by atoms with Crippen molar-refractivity contribution in [3.63, 3.8) is 0 Å². The topological polar surface area (TPSA) is 58.2 Å². The average molecular weight is 387 g/mol. The predicted molar refractivity (Wildman–Crippen MR) is 93.0 cm³/mol. The third-order valence-corrected chi connectivity index (χ3v) is 3.98. The lowest BCUT2D eigenvalue weighted by Gasteiger charge is -2.08. The normalized spacial score (nSPS) is 10.4. The summed E-state index contributed by atoms with van der Waals surface area (Å²) in [6.07, 6.45) is 0.494. The molecule has 2 rings (SSSR count). The smallest absolute Gasteiger partial charge is 0.254 e. The molecule has 0 aromatic heterocycles. The lowest BCUT2D eigenvalue weighted by molar-refractivity contribution is -0.116. The maximum atomic E-state index is 13.5. The van der Waals surface area contributed by atoms with Crippen molar-refractivity contribution >= 4 is 40.7 Å². The van der Waals surface area contributed by atoms with Gasteiger partial charge < -0.3 is 10.6 Å². The summed E-state index contributed by atoms with van der Waals surface area (Å²) in [7, 11) is 0. The predicted octanol–water partition coefficient (Wildman–Crippen LogP) is 4.42. The van der Waals surface area contributed by atoms with E-state index in [0.29, 0.717) is 28.2 Å². The second kappa shape index (κ2) is 8.78. The van der Waals surface area contributed by atoms with Crippen molar-refractivity contribution in [3.8, 4) is 0 Å². The van der Waals surface area contributed by atoms with Gasteiger partial charge >= 0.3 is 0 Å². The summed E-state index contributed by atoms with van der Waals surface area (Å²) < 4.78 is 26.3. The highest BCUT2D eigenvalue weighted by Crippen LogP contribution is 2.25. The lowest BCUT2D eigenvalue weighted by atomic mass is 10.2. The second-order valence-corrected chi connectivity index (χ2v) is 5.98. The van der Waals surface area contributed by atoms with Crippen LogP contribution in [0.1, 0.15) is 23.2 Å². The summed E-state index contributed by atoms with van der Waals surface area (Å²) in [5.41, 5.74) is 0.262. The standard InChI is InChI=1S/C17H14Cl2F2N2O2/c18-13-6-4-11(9-14(13)19)23-16(24)2-1-7-22-17(25)12-5-3-10(20)8-15(12)21/h3-6,8-9H,1-2,7H2,(H,22,25)(H,23,24). The summed E-state index contributed by atoms with van der Waals surface area (Å²) in [5, 5.41) is 5.84.